The van der Waals surface area contributed by atoms with Crippen LogP contribution in [0.4, 0.5) is 5.69 Å². The van der Waals surface area contributed by atoms with Gasteiger partial charge in [0.1, 0.15) is 11.5 Å². The fourth-order valence-corrected chi connectivity index (χ4v) is 3.18. The molecule has 1 amide bonds. The third-order valence-corrected chi connectivity index (χ3v) is 4.88. The lowest BCUT2D eigenvalue weighted by molar-refractivity contribution is -0.385. The Kier molecular flexibility index (Phi) is 8.90. The topological polar surface area (TPSA) is 129 Å². The lowest BCUT2D eigenvalue weighted by Gasteiger charge is -2.09. The molecule has 10 nitrogen and oxygen atoms in total. The van der Waals surface area contributed by atoms with E-state index in [4.69, 9.17) is 14.2 Å². The van der Waals surface area contributed by atoms with E-state index in [2.05, 4.69) is 26.5 Å². The number of nitro benzene ring substituents is 1. The van der Waals surface area contributed by atoms with Gasteiger partial charge in [-0.25, -0.2) is 10.2 Å². The van der Waals surface area contributed by atoms with E-state index in [0.29, 0.717) is 28.0 Å². The number of benzene rings is 3. The Balaban J connectivity index is 1.62. The quantitative estimate of drug-likeness (QED) is 0.131. The molecule has 11 heteroatoms. The van der Waals surface area contributed by atoms with E-state index in [0.717, 1.165) is 0 Å². The summed E-state index contributed by atoms with van der Waals surface area (Å²) in [5, 5.41) is 14.9. The molecule has 0 aliphatic heterocycles. The van der Waals surface area contributed by atoms with Crippen LogP contribution in [0.2, 0.25) is 0 Å². The number of ether oxygens (including phenoxy) is 3. The Morgan fingerprint density at radius 3 is 2.51 bits per heavy atom. The van der Waals surface area contributed by atoms with E-state index in [9.17, 15) is 19.7 Å². The molecular weight excluding hydrogens is 522 g/mol. The average Bonchev–Trinajstić information content (AvgIpc) is 2.85. The number of carbonyl (C=O) groups excluding carboxylic acids is 2. The molecule has 0 aliphatic carbocycles. The van der Waals surface area contributed by atoms with Gasteiger partial charge in [0.25, 0.3) is 5.91 Å². The molecule has 3 aromatic rings. The Morgan fingerprint density at radius 1 is 1.06 bits per heavy atom. The van der Waals surface area contributed by atoms with Crippen LogP contribution in [-0.4, -0.2) is 36.2 Å². The number of halogens is 1. The molecule has 180 valence electrons. The molecule has 0 heterocycles. The highest BCUT2D eigenvalue weighted by molar-refractivity contribution is 9.10. The highest BCUT2D eigenvalue weighted by atomic mass is 79.9. The zero-order valence-corrected chi connectivity index (χ0v) is 20.1. The average molecular weight is 542 g/mol. The normalized spacial score (nSPS) is 10.6. The standard InChI is InChI=1S/C24H20BrN3O7/c1-2-33-19-10-7-16(8-11-19)24(30)35-21-12-9-18(25)13-17(21)14-26-27-23(29)15-34-22-6-4-3-5-20(22)28(31)32/h3-14H,2,15H2,1H3,(H,27,29)/b26-14-. The van der Waals surface area contributed by atoms with E-state index in [1.807, 2.05) is 6.92 Å². The molecule has 35 heavy (non-hydrogen) atoms. The third-order valence-electron chi connectivity index (χ3n) is 4.39. The van der Waals surface area contributed by atoms with E-state index in [1.165, 1.54) is 24.4 Å². The highest BCUT2D eigenvalue weighted by Crippen LogP contribution is 2.26. The molecule has 3 rings (SSSR count). The number of para-hydroxylation sites is 2. The van der Waals surface area contributed by atoms with Crippen molar-refractivity contribution >= 4 is 39.7 Å². The summed E-state index contributed by atoms with van der Waals surface area (Å²) in [6.45, 7) is 1.89. The van der Waals surface area contributed by atoms with Gasteiger partial charge in [-0.15, -0.1) is 0 Å². The van der Waals surface area contributed by atoms with Gasteiger partial charge in [-0.05, 0) is 55.5 Å². The smallest absolute Gasteiger partial charge is 0.343 e. The zero-order valence-electron chi connectivity index (χ0n) is 18.5. The second-order valence-electron chi connectivity index (χ2n) is 6.84. The van der Waals surface area contributed by atoms with Crippen molar-refractivity contribution in [3.05, 3.63) is 92.4 Å². The first kappa shape index (κ1) is 25.4. The van der Waals surface area contributed by atoms with E-state index >= 15 is 0 Å². The molecule has 0 spiro atoms. The van der Waals surface area contributed by atoms with Crippen molar-refractivity contribution in [3.8, 4) is 17.2 Å². The van der Waals surface area contributed by atoms with Crippen LogP contribution in [0, 0.1) is 10.1 Å². The van der Waals surface area contributed by atoms with Crippen LogP contribution in [0.15, 0.2) is 76.3 Å². The molecular formula is C24H20BrN3O7. The van der Waals surface area contributed by atoms with Gasteiger partial charge in [0.05, 0.1) is 23.3 Å². The van der Waals surface area contributed by atoms with E-state index in [1.54, 1.807) is 48.5 Å². The molecule has 0 fully saturated rings. The molecule has 1 N–H and O–H groups in total. The first-order valence-corrected chi connectivity index (χ1v) is 11.1. The Hall–Kier alpha value is -4.25. The number of nitrogens with one attached hydrogen (secondary N) is 1. The Morgan fingerprint density at radius 2 is 1.80 bits per heavy atom. The van der Waals surface area contributed by atoms with E-state index < -0.39 is 23.4 Å². The summed E-state index contributed by atoms with van der Waals surface area (Å²) in [7, 11) is 0. The minimum atomic E-state index is -0.637. The van der Waals surface area contributed by atoms with Crippen LogP contribution in [0.3, 0.4) is 0 Å². The number of esters is 1. The second-order valence-corrected chi connectivity index (χ2v) is 7.75. The SMILES string of the molecule is CCOc1ccc(C(=O)Oc2ccc(Br)cc2/C=N\NC(=O)COc2ccccc2[N+](=O)[O-])cc1. The van der Waals surface area contributed by atoms with Crippen molar-refractivity contribution < 1.29 is 28.7 Å². The summed E-state index contributed by atoms with van der Waals surface area (Å²) in [6, 6.07) is 17.2. The van der Waals surface area contributed by atoms with Crippen molar-refractivity contribution in [1.29, 1.82) is 0 Å². The Bertz CT molecular complexity index is 1250. The molecule has 0 saturated carbocycles. The zero-order chi connectivity index (χ0) is 25.2. The van der Waals surface area contributed by atoms with Crippen LogP contribution in [0.1, 0.15) is 22.8 Å². The minimum Gasteiger partial charge on any atom is -0.494 e. The molecule has 0 atom stereocenters. The molecule has 0 unspecified atom stereocenters. The second kappa shape index (κ2) is 12.3. The molecule has 0 aromatic heterocycles. The largest absolute Gasteiger partial charge is 0.494 e. The number of hydrogen-bond acceptors (Lipinski definition) is 8. The van der Waals surface area contributed by atoms with Crippen molar-refractivity contribution in [1.82, 2.24) is 5.43 Å². The maximum atomic E-state index is 12.5. The predicted octanol–water partition coefficient (Wildman–Crippen LogP) is 4.50. The maximum Gasteiger partial charge on any atom is 0.343 e. The molecule has 0 radical (unpaired) electrons. The van der Waals surface area contributed by atoms with Crippen LogP contribution in [-0.2, 0) is 4.79 Å². The van der Waals surface area contributed by atoms with Gasteiger partial charge in [0.15, 0.2) is 12.4 Å². The van der Waals surface area contributed by atoms with Gasteiger partial charge in [0, 0.05) is 16.1 Å². The summed E-state index contributed by atoms with van der Waals surface area (Å²) in [5.41, 5.74) is 2.76. The lowest BCUT2D eigenvalue weighted by Crippen LogP contribution is -2.24. The van der Waals surface area contributed by atoms with Gasteiger partial charge < -0.3 is 14.2 Å². The van der Waals surface area contributed by atoms with Gasteiger partial charge in [-0.1, -0.05) is 28.1 Å². The van der Waals surface area contributed by atoms with Crippen molar-refractivity contribution in [3.63, 3.8) is 0 Å². The third kappa shape index (κ3) is 7.37. The van der Waals surface area contributed by atoms with Crippen LogP contribution < -0.4 is 19.6 Å². The predicted molar refractivity (Wildman–Crippen MR) is 131 cm³/mol. The maximum absolute atomic E-state index is 12.5. The molecule has 0 bridgehead atoms. The fraction of sp³-hybridized carbons (Fsp3) is 0.125. The minimum absolute atomic E-state index is 0.0351. The Labute approximate surface area is 208 Å². The van der Waals surface area contributed by atoms with Gasteiger partial charge in [-0.3, -0.25) is 14.9 Å². The number of hydrazone groups is 1. The summed E-state index contributed by atoms with van der Waals surface area (Å²) >= 11 is 3.34. The fourth-order valence-electron chi connectivity index (χ4n) is 2.81. The number of nitro groups is 1. The number of amides is 1. The summed E-state index contributed by atoms with van der Waals surface area (Å²) in [5.74, 6) is -0.385. The van der Waals surface area contributed by atoms with Crippen LogP contribution in [0.25, 0.3) is 0 Å². The van der Waals surface area contributed by atoms with Gasteiger partial charge in [0.2, 0.25) is 0 Å². The monoisotopic (exact) mass is 541 g/mol. The molecule has 3 aromatic carbocycles. The molecule has 0 saturated heterocycles. The number of hydrogen-bond donors (Lipinski definition) is 1. The van der Waals surface area contributed by atoms with E-state index in [-0.39, 0.29) is 17.2 Å². The molecule has 0 aliphatic rings. The summed E-state index contributed by atoms with van der Waals surface area (Å²) in [4.78, 5) is 35.0. The van der Waals surface area contributed by atoms with Crippen LogP contribution in [0.5, 0.6) is 17.2 Å². The highest BCUT2D eigenvalue weighted by Gasteiger charge is 2.15. The number of nitrogens with zero attached hydrogens (tertiary/aromatic N) is 2. The van der Waals surface area contributed by atoms with Gasteiger partial charge in [-0.2, -0.15) is 5.10 Å². The number of rotatable bonds is 10. The van der Waals surface area contributed by atoms with Crippen molar-refractivity contribution in [2.45, 2.75) is 6.92 Å². The van der Waals surface area contributed by atoms with Crippen molar-refractivity contribution in [2.75, 3.05) is 13.2 Å². The van der Waals surface area contributed by atoms with Gasteiger partial charge >= 0.3 is 11.7 Å². The lowest BCUT2D eigenvalue weighted by atomic mass is 10.2. The summed E-state index contributed by atoms with van der Waals surface area (Å²) < 4.78 is 16.8. The summed E-state index contributed by atoms with van der Waals surface area (Å²) in [6.07, 6.45) is 1.30. The van der Waals surface area contributed by atoms with Crippen molar-refractivity contribution in [2.24, 2.45) is 5.10 Å². The number of carbonyl (C=O) groups is 2. The first-order valence-electron chi connectivity index (χ1n) is 10.3. The van der Waals surface area contributed by atoms with Crippen LogP contribution >= 0.6 is 15.9 Å². The first-order chi connectivity index (χ1) is 16.9.